The third kappa shape index (κ3) is 2.54. The molecule has 3 heterocycles. The maximum absolute atomic E-state index is 4.26. The number of piperazine rings is 1. The van der Waals surface area contributed by atoms with Crippen molar-refractivity contribution in [3.8, 4) is 0 Å². The van der Waals surface area contributed by atoms with Gasteiger partial charge < -0.3 is 10.6 Å². The van der Waals surface area contributed by atoms with Gasteiger partial charge in [-0.15, -0.1) is 14.8 Å². The van der Waals surface area contributed by atoms with Crippen molar-refractivity contribution in [2.75, 3.05) is 44.6 Å². The number of hydrogen-bond acceptors (Lipinski definition) is 7. The molecule has 0 amide bonds. The molecule has 1 fully saturated rings. The number of nitrogens with one attached hydrogen (secondary N) is 2. The van der Waals surface area contributed by atoms with Crippen LogP contribution in [0.3, 0.4) is 0 Å². The van der Waals surface area contributed by atoms with E-state index in [2.05, 4.69) is 36.2 Å². The molecular formula is C10H16N8. The fourth-order valence-electron chi connectivity index (χ4n) is 2.02. The molecule has 2 N–H and O–H groups in total. The van der Waals surface area contributed by atoms with E-state index in [0.29, 0.717) is 5.65 Å². The first-order chi connectivity index (χ1) is 8.92. The Morgan fingerprint density at radius 2 is 2.17 bits per heavy atom. The molecule has 0 bridgehead atoms. The van der Waals surface area contributed by atoms with Crippen LogP contribution in [0.1, 0.15) is 0 Å². The fraction of sp³-hybridized carbons (Fsp3) is 0.600. The maximum Gasteiger partial charge on any atom is 0.200 e. The Labute approximate surface area is 104 Å². The Hall–Kier alpha value is -1.80. The number of fused-ring (bicyclic) bond motifs is 1. The summed E-state index contributed by atoms with van der Waals surface area (Å²) in [4.78, 5) is 2.43. The van der Waals surface area contributed by atoms with E-state index in [9.17, 15) is 0 Å². The van der Waals surface area contributed by atoms with Crippen molar-refractivity contribution in [3.05, 3.63) is 12.1 Å². The standard InChI is InChI=1S/C10H16N8/c1-2-10-13-15-16-18(10)14-9(1)12-5-8-17-6-3-11-4-7-17/h1-2,11H,3-8H2,(H,12,14). The van der Waals surface area contributed by atoms with E-state index in [1.54, 1.807) is 0 Å². The molecule has 0 atom stereocenters. The summed E-state index contributed by atoms with van der Waals surface area (Å²) in [6, 6.07) is 3.74. The topological polar surface area (TPSA) is 83.3 Å². The van der Waals surface area contributed by atoms with Gasteiger partial charge in [-0.05, 0) is 22.6 Å². The van der Waals surface area contributed by atoms with Gasteiger partial charge in [0.1, 0.15) is 5.82 Å². The summed E-state index contributed by atoms with van der Waals surface area (Å²) in [6.07, 6.45) is 0. The molecule has 96 valence electrons. The lowest BCUT2D eigenvalue weighted by Crippen LogP contribution is -2.45. The monoisotopic (exact) mass is 248 g/mol. The third-order valence-electron chi connectivity index (χ3n) is 3.01. The lowest BCUT2D eigenvalue weighted by Gasteiger charge is -2.27. The van der Waals surface area contributed by atoms with Crippen molar-refractivity contribution < 1.29 is 0 Å². The van der Waals surface area contributed by atoms with Gasteiger partial charge in [0.25, 0.3) is 0 Å². The normalized spacial score (nSPS) is 17.1. The highest BCUT2D eigenvalue weighted by Gasteiger charge is 2.08. The van der Waals surface area contributed by atoms with Gasteiger partial charge in [-0.2, -0.15) is 0 Å². The minimum Gasteiger partial charge on any atom is -0.367 e. The first kappa shape index (κ1) is 11.3. The molecule has 0 aliphatic carbocycles. The van der Waals surface area contributed by atoms with Crippen molar-refractivity contribution >= 4 is 11.5 Å². The molecule has 2 aromatic rings. The molecule has 0 aromatic carbocycles. The molecule has 0 unspecified atom stereocenters. The second-order valence-electron chi connectivity index (χ2n) is 4.26. The van der Waals surface area contributed by atoms with E-state index in [1.807, 2.05) is 12.1 Å². The van der Waals surface area contributed by atoms with Crippen LogP contribution < -0.4 is 10.6 Å². The summed E-state index contributed by atoms with van der Waals surface area (Å²) in [5.74, 6) is 0.796. The first-order valence-corrected chi connectivity index (χ1v) is 6.14. The van der Waals surface area contributed by atoms with Crippen LogP contribution in [0.25, 0.3) is 5.65 Å². The number of aromatic nitrogens is 5. The van der Waals surface area contributed by atoms with Crippen LogP contribution in [0.4, 0.5) is 5.82 Å². The minimum absolute atomic E-state index is 0.655. The van der Waals surface area contributed by atoms with Crippen molar-refractivity contribution in [1.29, 1.82) is 0 Å². The minimum atomic E-state index is 0.655. The molecule has 8 heteroatoms. The van der Waals surface area contributed by atoms with Crippen LogP contribution in [0.5, 0.6) is 0 Å². The average Bonchev–Trinajstić information content (AvgIpc) is 2.87. The Morgan fingerprint density at radius 1 is 1.28 bits per heavy atom. The van der Waals surface area contributed by atoms with Gasteiger partial charge in [0.15, 0.2) is 5.65 Å². The summed E-state index contributed by atoms with van der Waals surface area (Å²) in [5, 5.41) is 22.0. The predicted molar refractivity (Wildman–Crippen MR) is 66.4 cm³/mol. The Balaban J connectivity index is 1.52. The summed E-state index contributed by atoms with van der Waals surface area (Å²) >= 11 is 0. The van der Waals surface area contributed by atoms with Gasteiger partial charge in [0.2, 0.25) is 0 Å². The maximum atomic E-state index is 4.26. The molecule has 0 radical (unpaired) electrons. The van der Waals surface area contributed by atoms with Crippen LogP contribution >= 0.6 is 0 Å². The second-order valence-corrected chi connectivity index (χ2v) is 4.26. The van der Waals surface area contributed by atoms with E-state index in [-0.39, 0.29) is 0 Å². The van der Waals surface area contributed by atoms with Gasteiger partial charge in [-0.3, -0.25) is 4.90 Å². The van der Waals surface area contributed by atoms with Gasteiger partial charge in [-0.1, -0.05) is 0 Å². The third-order valence-corrected chi connectivity index (χ3v) is 3.01. The molecule has 2 aromatic heterocycles. The van der Waals surface area contributed by atoms with Crippen LogP contribution in [0.2, 0.25) is 0 Å². The number of rotatable bonds is 4. The van der Waals surface area contributed by atoms with Crippen LogP contribution in [0.15, 0.2) is 12.1 Å². The number of tetrazole rings is 1. The number of hydrogen-bond donors (Lipinski definition) is 2. The molecule has 3 rings (SSSR count). The van der Waals surface area contributed by atoms with Crippen molar-refractivity contribution in [2.45, 2.75) is 0 Å². The number of nitrogens with zero attached hydrogens (tertiary/aromatic N) is 6. The van der Waals surface area contributed by atoms with Crippen molar-refractivity contribution in [2.24, 2.45) is 0 Å². The molecule has 8 nitrogen and oxygen atoms in total. The molecule has 18 heavy (non-hydrogen) atoms. The van der Waals surface area contributed by atoms with Crippen LogP contribution in [-0.4, -0.2) is 69.4 Å². The highest BCUT2D eigenvalue weighted by molar-refractivity contribution is 5.41. The molecule has 0 saturated carbocycles. The van der Waals surface area contributed by atoms with E-state index >= 15 is 0 Å². The molecule has 0 spiro atoms. The van der Waals surface area contributed by atoms with E-state index in [0.717, 1.165) is 45.1 Å². The highest BCUT2D eigenvalue weighted by atomic mass is 15.6. The number of anilines is 1. The van der Waals surface area contributed by atoms with Crippen molar-refractivity contribution in [1.82, 2.24) is 35.5 Å². The Morgan fingerprint density at radius 3 is 3.06 bits per heavy atom. The summed E-state index contributed by atoms with van der Waals surface area (Å²) in [5.41, 5.74) is 0.655. The van der Waals surface area contributed by atoms with E-state index in [1.165, 1.54) is 4.63 Å². The largest absolute Gasteiger partial charge is 0.367 e. The quantitative estimate of drug-likeness (QED) is 0.706. The molecule has 1 aliphatic rings. The van der Waals surface area contributed by atoms with Gasteiger partial charge in [0.05, 0.1) is 0 Å². The Bertz CT molecular complexity index is 503. The van der Waals surface area contributed by atoms with Gasteiger partial charge in [-0.25, -0.2) is 0 Å². The zero-order valence-corrected chi connectivity index (χ0v) is 10.1. The Kier molecular flexibility index (Phi) is 3.29. The summed E-state index contributed by atoms with van der Waals surface area (Å²) in [7, 11) is 0. The highest BCUT2D eigenvalue weighted by Crippen LogP contribution is 2.02. The fourth-order valence-corrected chi connectivity index (χ4v) is 2.02. The van der Waals surface area contributed by atoms with Gasteiger partial charge >= 0.3 is 0 Å². The second kappa shape index (κ2) is 5.23. The van der Waals surface area contributed by atoms with Gasteiger partial charge in [0, 0.05) is 39.3 Å². The summed E-state index contributed by atoms with van der Waals surface area (Å²) in [6.45, 7) is 6.28. The molecule has 1 saturated heterocycles. The molecular weight excluding hydrogens is 232 g/mol. The first-order valence-electron chi connectivity index (χ1n) is 6.14. The summed E-state index contributed by atoms with van der Waals surface area (Å²) < 4.78 is 1.42. The zero-order chi connectivity index (χ0) is 12.2. The van der Waals surface area contributed by atoms with E-state index < -0.39 is 0 Å². The van der Waals surface area contributed by atoms with E-state index in [4.69, 9.17) is 0 Å². The lowest BCUT2D eigenvalue weighted by atomic mass is 10.3. The SMILES string of the molecule is c1cc2nnnn2nc1NCCN1CCNCC1. The predicted octanol–water partition coefficient (Wildman–Crippen LogP) is -1.16. The smallest absolute Gasteiger partial charge is 0.200 e. The van der Waals surface area contributed by atoms with Crippen LogP contribution in [-0.2, 0) is 0 Å². The zero-order valence-electron chi connectivity index (χ0n) is 10.1. The lowest BCUT2D eigenvalue weighted by molar-refractivity contribution is 0.249. The van der Waals surface area contributed by atoms with Crippen LogP contribution in [0, 0.1) is 0 Å². The van der Waals surface area contributed by atoms with Crippen molar-refractivity contribution in [3.63, 3.8) is 0 Å². The molecule has 1 aliphatic heterocycles. The average molecular weight is 248 g/mol.